The Balaban J connectivity index is 1.47. The maximum Gasteiger partial charge on any atom is 0.244 e. The molecule has 0 atom stereocenters. The van der Waals surface area contributed by atoms with Crippen LogP contribution in [0.2, 0.25) is 0 Å². The maximum absolute atomic E-state index is 13.2. The quantitative estimate of drug-likeness (QED) is 0.320. The van der Waals surface area contributed by atoms with Gasteiger partial charge in [-0.1, -0.05) is 36.4 Å². The third kappa shape index (κ3) is 5.20. The molecule has 0 unspecified atom stereocenters. The van der Waals surface area contributed by atoms with Gasteiger partial charge in [-0.25, -0.2) is 9.82 Å². The van der Waals surface area contributed by atoms with Crippen molar-refractivity contribution in [1.29, 1.82) is 0 Å². The number of carbonyl (C=O) groups excluding carboxylic acids is 1. The Morgan fingerprint density at radius 3 is 2.48 bits per heavy atom. The molecule has 3 aromatic carbocycles. The van der Waals surface area contributed by atoms with E-state index in [9.17, 15) is 9.18 Å². The van der Waals surface area contributed by atoms with Crippen LogP contribution in [0.1, 0.15) is 16.7 Å². The van der Waals surface area contributed by atoms with Crippen molar-refractivity contribution in [2.45, 2.75) is 13.0 Å². The summed E-state index contributed by atoms with van der Waals surface area (Å²) < 4.78 is 25.8. The average molecular weight is 445 g/mol. The van der Waals surface area contributed by atoms with Crippen LogP contribution in [0, 0.1) is 5.82 Å². The molecule has 0 fully saturated rings. The largest absolute Gasteiger partial charge is 0.493 e. The topological polar surface area (TPSA) is 64.8 Å². The molecule has 1 heterocycles. The molecule has 4 rings (SSSR count). The lowest BCUT2D eigenvalue weighted by molar-refractivity contribution is -0.120. The zero-order valence-corrected chi connectivity index (χ0v) is 18.4. The van der Waals surface area contributed by atoms with Gasteiger partial charge in [-0.15, -0.1) is 0 Å². The number of nitrogens with one attached hydrogen (secondary N) is 1. The van der Waals surface area contributed by atoms with Crippen LogP contribution in [0.3, 0.4) is 0 Å². The molecule has 1 amide bonds. The van der Waals surface area contributed by atoms with E-state index >= 15 is 0 Å². The summed E-state index contributed by atoms with van der Waals surface area (Å²) in [6, 6.07) is 19.7. The minimum atomic E-state index is -0.257. The predicted octanol–water partition coefficient (Wildman–Crippen LogP) is 4.54. The van der Waals surface area contributed by atoms with Gasteiger partial charge in [0.1, 0.15) is 5.82 Å². The second kappa shape index (κ2) is 9.99. The van der Waals surface area contributed by atoms with Crippen LogP contribution in [-0.2, 0) is 17.8 Å². The smallest absolute Gasteiger partial charge is 0.244 e. The molecule has 168 valence electrons. The molecule has 0 saturated carbocycles. The molecule has 0 aliphatic carbocycles. The number of fused-ring (bicyclic) bond motifs is 1. The summed E-state index contributed by atoms with van der Waals surface area (Å²) in [5.74, 6) is 0.679. The van der Waals surface area contributed by atoms with Crippen LogP contribution in [0.4, 0.5) is 4.39 Å². The summed E-state index contributed by atoms with van der Waals surface area (Å²) in [6.45, 7) is 0.598. The van der Waals surface area contributed by atoms with Gasteiger partial charge in [0.15, 0.2) is 11.5 Å². The fraction of sp³-hybridized carbons (Fsp3) is 0.154. The SMILES string of the molecule is COc1ccc(CC(=O)NN=Cc2cn(Cc3ccc(F)cc3)c3ccccc23)cc1OC. The average Bonchev–Trinajstić information content (AvgIpc) is 3.18. The van der Waals surface area contributed by atoms with Crippen molar-refractivity contribution in [1.82, 2.24) is 9.99 Å². The Hall–Kier alpha value is -4.13. The summed E-state index contributed by atoms with van der Waals surface area (Å²) in [7, 11) is 3.12. The van der Waals surface area contributed by atoms with Crippen LogP contribution in [0.15, 0.2) is 78.0 Å². The minimum absolute atomic E-state index is 0.157. The van der Waals surface area contributed by atoms with Crippen LogP contribution >= 0.6 is 0 Å². The second-order valence-corrected chi connectivity index (χ2v) is 7.52. The normalized spacial score (nSPS) is 11.1. The van der Waals surface area contributed by atoms with E-state index < -0.39 is 0 Å². The number of hydrazone groups is 1. The van der Waals surface area contributed by atoms with Gasteiger partial charge < -0.3 is 14.0 Å². The number of rotatable bonds is 8. The van der Waals surface area contributed by atoms with E-state index in [0.29, 0.717) is 18.0 Å². The number of nitrogens with zero attached hydrogens (tertiary/aromatic N) is 2. The Labute approximate surface area is 191 Å². The molecule has 4 aromatic rings. The summed E-state index contributed by atoms with van der Waals surface area (Å²) in [6.07, 6.45) is 3.76. The lowest BCUT2D eigenvalue weighted by Crippen LogP contribution is -2.19. The lowest BCUT2D eigenvalue weighted by atomic mass is 10.1. The molecule has 0 saturated heterocycles. The molecule has 33 heavy (non-hydrogen) atoms. The fourth-order valence-electron chi connectivity index (χ4n) is 3.68. The van der Waals surface area contributed by atoms with Crippen LogP contribution < -0.4 is 14.9 Å². The molecule has 0 radical (unpaired) electrons. The number of halogens is 1. The fourth-order valence-corrected chi connectivity index (χ4v) is 3.68. The van der Waals surface area contributed by atoms with E-state index in [1.54, 1.807) is 44.7 Å². The molecule has 1 aromatic heterocycles. The third-order valence-electron chi connectivity index (χ3n) is 5.29. The lowest BCUT2D eigenvalue weighted by Gasteiger charge is -2.09. The highest BCUT2D eigenvalue weighted by Crippen LogP contribution is 2.27. The number of ether oxygens (including phenoxy) is 2. The predicted molar refractivity (Wildman–Crippen MR) is 126 cm³/mol. The standard InChI is InChI=1S/C26H24FN3O3/c1-32-24-12-9-19(13-25(24)33-2)14-26(31)29-28-15-20-17-30(23-6-4-3-5-22(20)23)16-18-7-10-21(27)11-8-18/h3-13,15,17H,14,16H2,1-2H3,(H,29,31). The van der Waals surface area contributed by atoms with Crippen molar-refractivity contribution in [3.63, 3.8) is 0 Å². The number of aromatic nitrogens is 1. The molecule has 1 N–H and O–H groups in total. The van der Waals surface area contributed by atoms with Crippen LogP contribution in [0.25, 0.3) is 10.9 Å². The molecular formula is C26H24FN3O3. The van der Waals surface area contributed by atoms with E-state index in [4.69, 9.17) is 9.47 Å². The van der Waals surface area contributed by atoms with E-state index in [1.807, 2.05) is 36.5 Å². The number of hydrogen-bond acceptors (Lipinski definition) is 4. The number of hydrogen-bond donors (Lipinski definition) is 1. The maximum atomic E-state index is 13.2. The highest BCUT2D eigenvalue weighted by molar-refractivity contribution is 5.99. The number of carbonyl (C=O) groups is 1. The van der Waals surface area contributed by atoms with Crippen molar-refractivity contribution in [3.05, 3.63) is 95.4 Å². The van der Waals surface area contributed by atoms with Gasteiger partial charge >= 0.3 is 0 Å². The van der Waals surface area contributed by atoms with Gasteiger partial charge in [0.05, 0.1) is 26.9 Å². The van der Waals surface area contributed by atoms with Crippen molar-refractivity contribution < 1.29 is 18.7 Å². The highest BCUT2D eigenvalue weighted by atomic mass is 19.1. The molecular weight excluding hydrogens is 421 g/mol. The molecule has 0 aliphatic rings. The first-order chi connectivity index (χ1) is 16.1. The van der Waals surface area contributed by atoms with Gasteiger partial charge in [-0.3, -0.25) is 4.79 Å². The number of methoxy groups -OCH3 is 2. The summed E-state index contributed by atoms with van der Waals surface area (Å²) >= 11 is 0. The van der Waals surface area contributed by atoms with Gasteiger partial charge in [-0.05, 0) is 41.5 Å². The zero-order valence-electron chi connectivity index (χ0n) is 18.4. The van der Waals surface area contributed by atoms with Gasteiger partial charge in [0.25, 0.3) is 0 Å². The van der Waals surface area contributed by atoms with Gasteiger partial charge in [0, 0.05) is 29.2 Å². The van der Waals surface area contributed by atoms with E-state index in [1.165, 1.54) is 12.1 Å². The van der Waals surface area contributed by atoms with E-state index in [0.717, 1.165) is 27.6 Å². The third-order valence-corrected chi connectivity index (χ3v) is 5.29. The minimum Gasteiger partial charge on any atom is -0.493 e. The first-order valence-electron chi connectivity index (χ1n) is 10.4. The number of para-hydroxylation sites is 1. The molecule has 7 heteroatoms. The van der Waals surface area contributed by atoms with Gasteiger partial charge in [-0.2, -0.15) is 5.10 Å². The van der Waals surface area contributed by atoms with Crippen LogP contribution in [-0.4, -0.2) is 30.9 Å². The Bertz CT molecular complexity index is 1300. The highest BCUT2D eigenvalue weighted by Gasteiger charge is 2.09. The molecule has 6 nitrogen and oxygen atoms in total. The Morgan fingerprint density at radius 1 is 1.00 bits per heavy atom. The first-order valence-corrected chi connectivity index (χ1v) is 10.4. The monoisotopic (exact) mass is 445 g/mol. The zero-order chi connectivity index (χ0) is 23.2. The first kappa shape index (κ1) is 22.1. The van der Waals surface area contributed by atoms with E-state index in [2.05, 4.69) is 15.1 Å². The van der Waals surface area contributed by atoms with Crippen molar-refractivity contribution in [2.75, 3.05) is 14.2 Å². The van der Waals surface area contributed by atoms with Crippen molar-refractivity contribution in [3.8, 4) is 11.5 Å². The Morgan fingerprint density at radius 2 is 1.73 bits per heavy atom. The van der Waals surface area contributed by atoms with E-state index in [-0.39, 0.29) is 18.1 Å². The van der Waals surface area contributed by atoms with Crippen LogP contribution in [0.5, 0.6) is 11.5 Å². The van der Waals surface area contributed by atoms with Crippen molar-refractivity contribution >= 4 is 23.0 Å². The molecule has 0 aliphatic heterocycles. The second-order valence-electron chi connectivity index (χ2n) is 7.52. The molecule has 0 spiro atoms. The number of benzene rings is 3. The van der Waals surface area contributed by atoms with Gasteiger partial charge in [0.2, 0.25) is 5.91 Å². The Kier molecular flexibility index (Phi) is 6.69. The summed E-state index contributed by atoms with van der Waals surface area (Å²) in [5.41, 5.74) is 6.26. The summed E-state index contributed by atoms with van der Waals surface area (Å²) in [5, 5.41) is 5.16. The molecule has 0 bridgehead atoms. The number of amides is 1. The summed E-state index contributed by atoms with van der Waals surface area (Å²) in [4.78, 5) is 12.4. The van der Waals surface area contributed by atoms with Crippen molar-refractivity contribution in [2.24, 2.45) is 5.10 Å².